The smallest absolute Gasteiger partial charge is 0.220 e. The molecule has 0 saturated carbocycles. The standard InChI is InChI=1S/C83H147NO13/c1-3-5-7-9-11-13-15-17-19-21-23-25-27-29-31-33-35-36-37-39-41-43-45-47-49-51-53-55-57-59-61-63-65-67-75(88)84-71(70-94-82-80(93)78(91)81(74(69-86)96-82)97-83-79(92)77(90)76(89)73(68-85)95-83)72(87)66-64-62-60-58-56-54-52-50-48-46-44-42-40-38-34-32-30-28-26-24-22-20-18-16-14-12-10-8-6-4-2/h5,7,11,13,17,19,23,25,29,31,35-36,39,41,45,47,71-74,76-83,85-87,89-93H,3-4,6,8-10,12,14-16,18,20-22,24,26-28,30,32-34,37-38,40,42-44,46,48-70H2,1-2H3,(H,84,88)/b7-5-,13-11-,19-17-,25-23-,31-29-,36-35-,41-39-,47-45-. The highest BCUT2D eigenvalue weighted by Gasteiger charge is 2.51. The van der Waals surface area contributed by atoms with E-state index in [0.717, 1.165) is 103 Å². The van der Waals surface area contributed by atoms with Gasteiger partial charge < -0.3 is 65.1 Å². The molecule has 1 amide bonds. The van der Waals surface area contributed by atoms with Crippen molar-refractivity contribution < 1.29 is 64.6 Å². The Morgan fingerprint density at radius 2 is 0.711 bits per heavy atom. The van der Waals surface area contributed by atoms with Gasteiger partial charge in [0.25, 0.3) is 0 Å². The van der Waals surface area contributed by atoms with Gasteiger partial charge in [-0.25, -0.2) is 0 Å². The molecule has 97 heavy (non-hydrogen) atoms. The molecule has 0 radical (unpaired) electrons. The van der Waals surface area contributed by atoms with Crippen molar-refractivity contribution in [3.63, 3.8) is 0 Å². The molecule has 14 heteroatoms. The maximum atomic E-state index is 13.4. The van der Waals surface area contributed by atoms with Crippen molar-refractivity contribution in [1.29, 1.82) is 0 Å². The van der Waals surface area contributed by atoms with Crippen LogP contribution in [0.25, 0.3) is 0 Å². The largest absolute Gasteiger partial charge is 0.394 e. The van der Waals surface area contributed by atoms with Crippen molar-refractivity contribution in [2.75, 3.05) is 19.8 Å². The first-order chi connectivity index (χ1) is 47.6. The number of nitrogens with one attached hydrogen (secondary N) is 1. The maximum absolute atomic E-state index is 13.4. The average Bonchev–Trinajstić information content (AvgIpc) is 0.794. The molecular formula is C83H147NO13. The summed E-state index contributed by atoms with van der Waals surface area (Å²) in [6, 6.07) is -0.843. The number of unbranched alkanes of at least 4 members (excludes halogenated alkanes) is 37. The minimum atomic E-state index is -1.79. The molecule has 0 aromatic carbocycles. The van der Waals surface area contributed by atoms with Crippen LogP contribution in [0.1, 0.15) is 328 Å². The molecule has 562 valence electrons. The van der Waals surface area contributed by atoms with Crippen molar-refractivity contribution >= 4 is 5.91 Å². The van der Waals surface area contributed by atoms with Crippen LogP contribution >= 0.6 is 0 Å². The van der Waals surface area contributed by atoms with Gasteiger partial charge in [-0.05, 0) is 77.0 Å². The Bertz CT molecular complexity index is 2000. The Labute approximate surface area is 592 Å². The van der Waals surface area contributed by atoms with Crippen LogP contribution in [-0.2, 0) is 23.7 Å². The molecule has 0 aromatic rings. The minimum absolute atomic E-state index is 0.215. The number of hydrogen-bond donors (Lipinski definition) is 9. The number of allylic oxidation sites excluding steroid dienone is 16. The van der Waals surface area contributed by atoms with Gasteiger partial charge in [-0.3, -0.25) is 4.79 Å². The number of aliphatic hydroxyl groups is 8. The van der Waals surface area contributed by atoms with E-state index in [1.165, 1.54) is 193 Å². The number of aliphatic hydroxyl groups excluding tert-OH is 8. The predicted octanol–water partition coefficient (Wildman–Crippen LogP) is 18.1. The predicted molar refractivity (Wildman–Crippen MR) is 401 cm³/mol. The molecule has 2 aliphatic heterocycles. The third-order valence-corrected chi connectivity index (χ3v) is 19.1. The number of hydrogen-bond acceptors (Lipinski definition) is 13. The maximum Gasteiger partial charge on any atom is 0.220 e. The topological polar surface area (TPSA) is 228 Å². The molecular weight excluding hydrogens is 1220 g/mol. The molecule has 2 heterocycles. The molecule has 0 aliphatic carbocycles. The second-order valence-electron chi connectivity index (χ2n) is 27.8. The molecule has 0 spiro atoms. The summed E-state index contributed by atoms with van der Waals surface area (Å²) in [5.74, 6) is -0.215. The van der Waals surface area contributed by atoms with E-state index in [1.807, 2.05) is 0 Å². The number of carbonyl (C=O) groups is 1. The molecule has 14 nitrogen and oxygen atoms in total. The van der Waals surface area contributed by atoms with E-state index in [4.69, 9.17) is 18.9 Å². The highest BCUT2D eigenvalue weighted by atomic mass is 16.7. The van der Waals surface area contributed by atoms with Crippen molar-refractivity contribution in [3.8, 4) is 0 Å². The lowest BCUT2D eigenvalue weighted by atomic mass is 9.97. The molecule has 2 saturated heterocycles. The summed E-state index contributed by atoms with van der Waals surface area (Å²) >= 11 is 0. The van der Waals surface area contributed by atoms with Gasteiger partial charge in [0, 0.05) is 6.42 Å². The van der Waals surface area contributed by atoms with E-state index in [2.05, 4.69) is 116 Å². The molecule has 0 bridgehead atoms. The number of rotatable bonds is 66. The molecule has 0 aromatic heterocycles. The number of amides is 1. The van der Waals surface area contributed by atoms with E-state index in [9.17, 15) is 45.6 Å². The van der Waals surface area contributed by atoms with Crippen LogP contribution in [0.15, 0.2) is 97.2 Å². The zero-order chi connectivity index (χ0) is 70.1. The van der Waals surface area contributed by atoms with Gasteiger partial charge in [0.05, 0.1) is 32.0 Å². The monoisotopic (exact) mass is 1370 g/mol. The van der Waals surface area contributed by atoms with Crippen molar-refractivity contribution in [2.24, 2.45) is 0 Å². The van der Waals surface area contributed by atoms with Crippen LogP contribution in [0, 0.1) is 0 Å². The Morgan fingerprint density at radius 3 is 1.09 bits per heavy atom. The molecule has 2 fully saturated rings. The van der Waals surface area contributed by atoms with Crippen molar-refractivity contribution in [3.05, 3.63) is 97.2 Å². The fourth-order valence-corrected chi connectivity index (χ4v) is 12.8. The third kappa shape index (κ3) is 49.2. The van der Waals surface area contributed by atoms with Crippen LogP contribution in [0.5, 0.6) is 0 Å². The van der Waals surface area contributed by atoms with Gasteiger partial charge in [-0.15, -0.1) is 0 Å². The first-order valence-corrected chi connectivity index (χ1v) is 40.0. The summed E-state index contributed by atoms with van der Waals surface area (Å²) in [4.78, 5) is 13.4. The zero-order valence-corrected chi connectivity index (χ0v) is 61.6. The first-order valence-electron chi connectivity index (χ1n) is 40.0. The van der Waals surface area contributed by atoms with E-state index in [0.29, 0.717) is 12.8 Å². The van der Waals surface area contributed by atoms with Gasteiger partial charge in [0.1, 0.15) is 48.8 Å². The van der Waals surface area contributed by atoms with E-state index in [-0.39, 0.29) is 18.9 Å². The van der Waals surface area contributed by atoms with Crippen LogP contribution in [-0.4, -0.2) is 140 Å². The number of ether oxygens (including phenoxy) is 4. The van der Waals surface area contributed by atoms with E-state index >= 15 is 0 Å². The zero-order valence-electron chi connectivity index (χ0n) is 61.6. The van der Waals surface area contributed by atoms with Gasteiger partial charge in [-0.2, -0.15) is 0 Å². The van der Waals surface area contributed by atoms with E-state index < -0.39 is 86.8 Å². The summed E-state index contributed by atoms with van der Waals surface area (Å²) in [6.07, 6.45) is 77.2. The Kier molecular flexibility index (Phi) is 61.4. The lowest BCUT2D eigenvalue weighted by molar-refractivity contribution is -0.359. The second-order valence-corrected chi connectivity index (χ2v) is 27.8. The van der Waals surface area contributed by atoms with Crippen LogP contribution < -0.4 is 5.32 Å². The minimum Gasteiger partial charge on any atom is -0.394 e. The van der Waals surface area contributed by atoms with Gasteiger partial charge in [0.2, 0.25) is 5.91 Å². The van der Waals surface area contributed by atoms with Gasteiger partial charge in [-0.1, -0.05) is 342 Å². The Hall–Kier alpha value is -3.09. The second kappa shape index (κ2) is 66.2. The summed E-state index contributed by atoms with van der Waals surface area (Å²) in [7, 11) is 0. The first kappa shape index (κ1) is 90.0. The Morgan fingerprint density at radius 1 is 0.381 bits per heavy atom. The highest BCUT2D eigenvalue weighted by molar-refractivity contribution is 5.76. The molecule has 12 atom stereocenters. The fourth-order valence-electron chi connectivity index (χ4n) is 12.8. The van der Waals surface area contributed by atoms with Crippen molar-refractivity contribution in [2.45, 2.75) is 402 Å². The van der Waals surface area contributed by atoms with Crippen molar-refractivity contribution in [1.82, 2.24) is 5.32 Å². The lowest BCUT2D eigenvalue weighted by Gasteiger charge is -2.46. The van der Waals surface area contributed by atoms with E-state index in [1.54, 1.807) is 0 Å². The quantitative estimate of drug-likeness (QED) is 0.0204. The Balaban J connectivity index is 1.63. The molecule has 2 rings (SSSR count). The number of carbonyl (C=O) groups excluding carboxylic acids is 1. The summed E-state index contributed by atoms with van der Waals surface area (Å²) in [5.41, 5.74) is 0. The lowest BCUT2D eigenvalue weighted by Crippen LogP contribution is -2.65. The van der Waals surface area contributed by atoms with Crippen LogP contribution in [0.3, 0.4) is 0 Å². The highest BCUT2D eigenvalue weighted by Crippen LogP contribution is 2.30. The fraction of sp³-hybridized carbons (Fsp3) is 0.795. The molecule has 9 N–H and O–H groups in total. The van der Waals surface area contributed by atoms with Gasteiger partial charge >= 0.3 is 0 Å². The third-order valence-electron chi connectivity index (χ3n) is 19.1. The summed E-state index contributed by atoms with van der Waals surface area (Å²) < 4.78 is 23.0. The van der Waals surface area contributed by atoms with Gasteiger partial charge in [0.15, 0.2) is 12.6 Å². The summed E-state index contributed by atoms with van der Waals surface area (Å²) in [5, 5.41) is 87.9. The SMILES string of the molecule is CC/C=C\C/C=C\C/C=C\C/C=C\C/C=C\C/C=C\C/C=C\C/C=C\CCCCCCCCCCC(=O)NC(COC1OC(CO)C(OC2OC(CO)C(O)C(O)C2O)C(O)C1O)C(O)CCCCCCCCCCCCCCCCCCCCCCCCCCCCCCCC. The van der Waals surface area contributed by atoms with Crippen LogP contribution in [0.2, 0.25) is 0 Å². The van der Waals surface area contributed by atoms with Crippen LogP contribution in [0.4, 0.5) is 0 Å². The molecule has 12 unspecified atom stereocenters. The summed E-state index contributed by atoms with van der Waals surface area (Å²) in [6.45, 7) is 2.78. The molecule has 2 aliphatic rings. The average molecular weight is 1370 g/mol. The normalized spacial score (nSPS) is 22.7.